The summed E-state index contributed by atoms with van der Waals surface area (Å²) in [5.74, 6) is 0. The van der Waals surface area contributed by atoms with Crippen LogP contribution in [0.25, 0.3) is 0 Å². The molecule has 0 unspecified atom stereocenters. The molecule has 4 heteroatoms. The zero-order valence-electron chi connectivity index (χ0n) is 9.03. The minimum absolute atomic E-state index is 0.0892. The number of methoxy groups -OCH3 is 2. The summed E-state index contributed by atoms with van der Waals surface area (Å²) in [4.78, 5) is 0. The molecule has 1 aliphatic carbocycles. The Hall–Kier alpha value is -0.160. The average molecular weight is 203 g/mol. The van der Waals surface area contributed by atoms with E-state index in [9.17, 15) is 5.11 Å². The number of ether oxygens (including phenoxy) is 2. The maximum absolute atomic E-state index is 9.32. The number of aliphatic hydroxyl groups is 1. The first-order valence-corrected chi connectivity index (χ1v) is 5.23. The summed E-state index contributed by atoms with van der Waals surface area (Å²) >= 11 is 0. The van der Waals surface area contributed by atoms with Gasteiger partial charge in [0.1, 0.15) is 0 Å². The van der Waals surface area contributed by atoms with Crippen molar-refractivity contribution in [3.8, 4) is 0 Å². The molecule has 0 saturated heterocycles. The van der Waals surface area contributed by atoms with Crippen molar-refractivity contribution in [1.29, 1.82) is 0 Å². The largest absolute Gasteiger partial charge is 0.393 e. The third-order valence-corrected chi connectivity index (χ3v) is 2.80. The highest BCUT2D eigenvalue weighted by molar-refractivity contribution is 4.76. The lowest BCUT2D eigenvalue weighted by Crippen LogP contribution is -2.40. The highest BCUT2D eigenvalue weighted by atomic mass is 16.7. The lowest BCUT2D eigenvalue weighted by Gasteiger charge is -2.27. The van der Waals surface area contributed by atoms with E-state index in [0.717, 1.165) is 25.7 Å². The molecule has 1 aliphatic rings. The Labute approximate surface area is 85.6 Å². The SMILES string of the molecule is COC(CNC1CCC(O)CC1)OC. The molecule has 1 saturated carbocycles. The van der Waals surface area contributed by atoms with E-state index in [2.05, 4.69) is 5.32 Å². The fourth-order valence-corrected chi connectivity index (χ4v) is 1.81. The van der Waals surface area contributed by atoms with Crippen LogP contribution in [0.2, 0.25) is 0 Å². The molecule has 0 heterocycles. The van der Waals surface area contributed by atoms with Crippen molar-refractivity contribution < 1.29 is 14.6 Å². The van der Waals surface area contributed by atoms with Crippen LogP contribution in [0.1, 0.15) is 25.7 Å². The molecule has 0 aromatic rings. The van der Waals surface area contributed by atoms with Gasteiger partial charge >= 0.3 is 0 Å². The molecule has 0 aliphatic heterocycles. The third kappa shape index (κ3) is 3.92. The van der Waals surface area contributed by atoms with Crippen LogP contribution in [-0.2, 0) is 9.47 Å². The highest BCUT2D eigenvalue weighted by Crippen LogP contribution is 2.18. The summed E-state index contributed by atoms with van der Waals surface area (Å²) in [7, 11) is 3.28. The first-order chi connectivity index (χ1) is 6.76. The van der Waals surface area contributed by atoms with E-state index in [1.165, 1.54) is 0 Å². The average Bonchev–Trinajstić information content (AvgIpc) is 2.22. The maximum Gasteiger partial charge on any atom is 0.169 e. The third-order valence-electron chi connectivity index (χ3n) is 2.80. The summed E-state index contributed by atoms with van der Waals surface area (Å²) in [6, 6.07) is 0.506. The summed E-state index contributed by atoms with van der Waals surface area (Å²) < 4.78 is 10.2. The van der Waals surface area contributed by atoms with Crippen molar-refractivity contribution in [2.45, 2.75) is 44.1 Å². The predicted molar refractivity (Wildman–Crippen MR) is 54.1 cm³/mol. The standard InChI is InChI=1S/C10H21NO3/c1-13-10(14-2)7-11-8-3-5-9(12)6-4-8/h8-12H,3-7H2,1-2H3. The molecule has 0 aromatic heterocycles. The van der Waals surface area contributed by atoms with Gasteiger partial charge < -0.3 is 19.9 Å². The molecule has 4 nitrogen and oxygen atoms in total. The van der Waals surface area contributed by atoms with Gasteiger partial charge in [-0.1, -0.05) is 0 Å². The number of nitrogens with one attached hydrogen (secondary N) is 1. The second-order valence-electron chi connectivity index (χ2n) is 3.81. The number of rotatable bonds is 5. The van der Waals surface area contributed by atoms with Gasteiger partial charge in [-0.2, -0.15) is 0 Å². The minimum Gasteiger partial charge on any atom is -0.393 e. The minimum atomic E-state index is -0.165. The molecular formula is C10H21NO3. The van der Waals surface area contributed by atoms with Crippen molar-refractivity contribution in [2.75, 3.05) is 20.8 Å². The number of hydrogen-bond donors (Lipinski definition) is 2. The lowest BCUT2D eigenvalue weighted by atomic mass is 9.93. The van der Waals surface area contributed by atoms with Gasteiger partial charge in [0, 0.05) is 26.8 Å². The fourth-order valence-electron chi connectivity index (χ4n) is 1.81. The topological polar surface area (TPSA) is 50.7 Å². The Kier molecular flexibility index (Phi) is 5.40. The van der Waals surface area contributed by atoms with E-state index in [0.29, 0.717) is 12.6 Å². The molecule has 0 radical (unpaired) electrons. The van der Waals surface area contributed by atoms with Crippen molar-refractivity contribution in [3.63, 3.8) is 0 Å². The molecule has 2 N–H and O–H groups in total. The quantitative estimate of drug-likeness (QED) is 0.639. The van der Waals surface area contributed by atoms with Crippen LogP contribution in [0.5, 0.6) is 0 Å². The Balaban J connectivity index is 2.12. The van der Waals surface area contributed by atoms with E-state index >= 15 is 0 Å². The van der Waals surface area contributed by atoms with E-state index < -0.39 is 0 Å². The zero-order chi connectivity index (χ0) is 10.4. The van der Waals surface area contributed by atoms with Crippen LogP contribution < -0.4 is 5.32 Å². The molecule has 0 bridgehead atoms. The van der Waals surface area contributed by atoms with Gasteiger partial charge in [-0.15, -0.1) is 0 Å². The highest BCUT2D eigenvalue weighted by Gasteiger charge is 2.19. The second-order valence-corrected chi connectivity index (χ2v) is 3.81. The molecule has 84 valence electrons. The van der Waals surface area contributed by atoms with Crippen LogP contribution in [0.3, 0.4) is 0 Å². The Bertz CT molecular complexity index is 142. The smallest absolute Gasteiger partial charge is 0.169 e. The first kappa shape index (κ1) is 11.9. The maximum atomic E-state index is 9.32. The summed E-state index contributed by atoms with van der Waals surface area (Å²) in [6.45, 7) is 0.716. The zero-order valence-corrected chi connectivity index (χ0v) is 9.03. The van der Waals surface area contributed by atoms with Gasteiger partial charge in [0.15, 0.2) is 6.29 Å². The summed E-state index contributed by atoms with van der Waals surface area (Å²) in [5.41, 5.74) is 0. The van der Waals surface area contributed by atoms with Gasteiger partial charge in [0.25, 0.3) is 0 Å². The van der Waals surface area contributed by atoms with Crippen molar-refractivity contribution in [1.82, 2.24) is 5.32 Å². The van der Waals surface area contributed by atoms with E-state index in [1.54, 1.807) is 14.2 Å². The fraction of sp³-hybridized carbons (Fsp3) is 1.00. The monoisotopic (exact) mass is 203 g/mol. The van der Waals surface area contributed by atoms with Crippen LogP contribution in [0, 0.1) is 0 Å². The van der Waals surface area contributed by atoms with Gasteiger partial charge in [-0.05, 0) is 25.7 Å². The van der Waals surface area contributed by atoms with Crippen molar-refractivity contribution in [3.05, 3.63) is 0 Å². The lowest BCUT2D eigenvalue weighted by molar-refractivity contribution is -0.100. The van der Waals surface area contributed by atoms with Crippen molar-refractivity contribution in [2.24, 2.45) is 0 Å². The Morgan fingerprint density at radius 1 is 1.21 bits per heavy atom. The Morgan fingerprint density at radius 2 is 1.79 bits per heavy atom. The molecule has 1 fully saturated rings. The van der Waals surface area contributed by atoms with Crippen LogP contribution in [0.4, 0.5) is 0 Å². The van der Waals surface area contributed by atoms with Gasteiger partial charge in [0.2, 0.25) is 0 Å². The molecule has 0 aromatic carbocycles. The van der Waals surface area contributed by atoms with Gasteiger partial charge in [0.05, 0.1) is 6.10 Å². The summed E-state index contributed by atoms with van der Waals surface area (Å²) in [6.07, 6.45) is 3.64. The summed E-state index contributed by atoms with van der Waals surface area (Å²) in [5, 5.41) is 12.7. The molecular weight excluding hydrogens is 182 g/mol. The Morgan fingerprint density at radius 3 is 2.29 bits per heavy atom. The molecule has 1 rings (SSSR count). The van der Waals surface area contributed by atoms with Crippen molar-refractivity contribution >= 4 is 0 Å². The van der Waals surface area contributed by atoms with Gasteiger partial charge in [-0.25, -0.2) is 0 Å². The van der Waals surface area contributed by atoms with E-state index in [-0.39, 0.29) is 12.4 Å². The number of aliphatic hydroxyl groups excluding tert-OH is 1. The van der Waals surface area contributed by atoms with Gasteiger partial charge in [-0.3, -0.25) is 0 Å². The van der Waals surface area contributed by atoms with Crippen LogP contribution in [0.15, 0.2) is 0 Å². The molecule has 0 amide bonds. The van der Waals surface area contributed by atoms with E-state index in [1.807, 2.05) is 0 Å². The molecule has 14 heavy (non-hydrogen) atoms. The van der Waals surface area contributed by atoms with Crippen LogP contribution in [-0.4, -0.2) is 44.3 Å². The molecule has 0 spiro atoms. The van der Waals surface area contributed by atoms with Crippen LogP contribution >= 0.6 is 0 Å². The van der Waals surface area contributed by atoms with E-state index in [4.69, 9.17) is 9.47 Å². The number of hydrogen-bond acceptors (Lipinski definition) is 4. The molecule has 0 atom stereocenters. The predicted octanol–water partition coefficient (Wildman–Crippen LogP) is 0.498. The first-order valence-electron chi connectivity index (χ1n) is 5.23. The second kappa shape index (κ2) is 6.35. The normalized spacial score (nSPS) is 28.3.